The van der Waals surface area contributed by atoms with Gasteiger partial charge in [0.15, 0.2) is 0 Å². The maximum Gasteiger partial charge on any atom is 0.411 e. The summed E-state index contributed by atoms with van der Waals surface area (Å²) in [4.78, 5) is 15.8. The van der Waals surface area contributed by atoms with Crippen LogP contribution < -0.4 is 5.32 Å². The monoisotopic (exact) mass is 298 g/mol. The van der Waals surface area contributed by atoms with E-state index < -0.39 is 18.7 Å². The second-order valence-corrected chi connectivity index (χ2v) is 4.35. The lowest BCUT2D eigenvalue weighted by Crippen LogP contribution is -2.20. The molecule has 0 saturated heterocycles. The SMILES string of the molecule is O=C(CCOCC(F)(F)F)Nc1cccc2cccnc12. The van der Waals surface area contributed by atoms with Gasteiger partial charge in [0.2, 0.25) is 5.91 Å². The van der Waals surface area contributed by atoms with Crippen LogP contribution in [0.2, 0.25) is 0 Å². The van der Waals surface area contributed by atoms with Crippen LogP contribution >= 0.6 is 0 Å². The van der Waals surface area contributed by atoms with E-state index in [-0.39, 0.29) is 13.0 Å². The molecule has 1 heterocycles. The number of para-hydroxylation sites is 1. The number of nitrogens with one attached hydrogen (secondary N) is 1. The Morgan fingerprint density at radius 1 is 1.24 bits per heavy atom. The molecule has 0 unspecified atom stereocenters. The van der Waals surface area contributed by atoms with Gasteiger partial charge in [-0.25, -0.2) is 0 Å². The van der Waals surface area contributed by atoms with Gasteiger partial charge in [-0.15, -0.1) is 0 Å². The molecule has 7 heteroatoms. The van der Waals surface area contributed by atoms with Crippen molar-refractivity contribution in [1.29, 1.82) is 0 Å². The molecule has 0 saturated carbocycles. The quantitative estimate of drug-likeness (QED) is 0.863. The van der Waals surface area contributed by atoms with Crippen LogP contribution in [0, 0.1) is 0 Å². The third-order valence-electron chi connectivity index (χ3n) is 2.65. The first-order valence-electron chi connectivity index (χ1n) is 6.24. The molecule has 2 rings (SSSR count). The molecule has 1 N–H and O–H groups in total. The Labute approximate surface area is 118 Å². The lowest BCUT2D eigenvalue weighted by atomic mass is 10.2. The maximum atomic E-state index is 11.9. The Balaban J connectivity index is 1.90. The number of rotatable bonds is 5. The normalized spacial score (nSPS) is 11.6. The van der Waals surface area contributed by atoms with Crippen LogP contribution in [0.3, 0.4) is 0 Å². The zero-order chi connectivity index (χ0) is 15.3. The molecule has 0 aliphatic rings. The van der Waals surface area contributed by atoms with E-state index in [2.05, 4.69) is 15.0 Å². The zero-order valence-corrected chi connectivity index (χ0v) is 11.0. The minimum atomic E-state index is -4.38. The van der Waals surface area contributed by atoms with E-state index >= 15 is 0 Å². The second kappa shape index (κ2) is 6.53. The predicted molar refractivity (Wildman–Crippen MR) is 71.9 cm³/mol. The number of aromatic nitrogens is 1. The molecular weight excluding hydrogens is 285 g/mol. The molecule has 1 amide bonds. The first-order valence-corrected chi connectivity index (χ1v) is 6.24. The number of hydrogen-bond acceptors (Lipinski definition) is 3. The molecule has 2 aromatic rings. The third-order valence-corrected chi connectivity index (χ3v) is 2.65. The molecule has 21 heavy (non-hydrogen) atoms. The maximum absolute atomic E-state index is 11.9. The minimum Gasteiger partial charge on any atom is -0.372 e. The van der Waals surface area contributed by atoms with Gasteiger partial charge in [-0.05, 0) is 12.1 Å². The van der Waals surface area contributed by atoms with Crippen molar-refractivity contribution in [2.75, 3.05) is 18.5 Å². The molecule has 0 bridgehead atoms. The van der Waals surface area contributed by atoms with E-state index in [0.29, 0.717) is 11.2 Å². The molecule has 0 spiro atoms. The van der Waals surface area contributed by atoms with Gasteiger partial charge in [0, 0.05) is 11.6 Å². The first-order chi connectivity index (χ1) is 9.96. The summed E-state index contributed by atoms with van der Waals surface area (Å²) in [5.41, 5.74) is 1.15. The lowest BCUT2D eigenvalue weighted by molar-refractivity contribution is -0.174. The summed E-state index contributed by atoms with van der Waals surface area (Å²) in [6.07, 6.45) is -2.93. The fraction of sp³-hybridized carbons (Fsp3) is 0.286. The van der Waals surface area contributed by atoms with Crippen LogP contribution in [0.1, 0.15) is 6.42 Å². The molecule has 0 radical (unpaired) electrons. The highest BCUT2D eigenvalue weighted by Crippen LogP contribution is 2.20. The van der Waals surface area contributed by atoms with E-state index in [4.69, 9.17) is 0 Å². The molecule has 112 valence electrons. The van der Waals surface area contributed by atoms with Crippen molar-refractivity contribution in [3.05, 3.63) is 36.5 Å². The van der Waals surface area contributed by atoms with Gasteiger partial charge >= 0.3 is 6.18 Å². The zero-order valence-electron chi connectivity index (χ0n) is 11.0. The summed E-state index contributed by atoms with van der Waals surface area (Å²) in [6, 6.07) is 8.93. The highest BCUT2D eigenvalue weighted by Gasteiger charge is 2.27. The molecule has 0 atom stereocenters. The number of halogens is 3. The van der Waals surface area contributed by atoms with Gasteiger partial charge in [-0.1, -0.05) is 18.2 Å². The standard InChI is InChI=1S/C14H13F3N2O2/c15-14(16,17)9-21-8-6-12(20)19-11-5-1-3-10-4-2-7-18-13(10)11/h1-5,7H,6,8-9H2,(H,19,20). The molecule has 0 aliphatic carbocycles. The molecular formula is C14H13F3N2O2. The van der Waals surface area contributed by atoms with Crippen LogP contribution in [0.15, 0.2) is 36.5 Å². The fourth-order valence-corrected chi connectivity index (χ4v) is 1.77. The summed E-state index contributed by atoms with van der Waals surface area (Å²) in [7, 11) is 0. The van der Waals surface area contributed by atoms with Gasteiger partial charge < -0.3 is 10.1 Å². The summed E-state index contributed by atoms with van der Waals surface area (Å²) in [5.74, 6) is -0.421. The first kappa shape index (κ1) is 15.2. The number of hydrogen-bond donors (Lipinski definition) is 1. The van der Waals surface area contributed by atoms with E-state index in [1.807, 2.05) is 12.1 Å². The van der Waals surface area contributed by atoms with Crippen molar-refractivity contribution in [2.24, 2.45) is 0 Å². The largest absolute Gasteiger partial charge is 0.411 e. The Kier molecular flexibility index (Phi) is 4.74. The van der Waals surface area contributed by atoms with Crippen LogP contribution in [-0.2, 0) is 9.53 Å². The van der Waals surface area contributed by atoms with Crippen LogP contribution in [0.4, 0.5) is 18.9 Å². The average Bonchev–Trinajstić information content (AvgIpc) is 2.43. The van der Waals surface area contributed by atoms with Crippen molar-refractivity contribution in [3.63, 3.8) is 0 Å². The number of nitrogens with zero attached hydrogens (tertiary/aromatic N) is 1. The topological polar surface area (TPSA) is 51.2 Å². The van der Waals surface area contributed by atoms with Crippen molar-refractivity contribution in [1.82, 2.24) is 4.98 Å². The number of carbonyl (C=O) groups is 1. The van der Waals surface area contributed by atoms with Crippen molar-refractivity contribution in [2.45, 2.75) is 12.6 Å². The Bertz CT molecular complexity index is 624. The lowest BCUT2D eigenvalue weighted by Gasteiger charge is -2.09. The predicted octanol–water partition coefficient (Wildman–Crippen LogP) is 3.14. The van der Waals surface area contributed by atoms with Gasteiger partial charge in [-0.2, -0.15) is 13.2 Å². The third kappa shape index (κ3) is 4.71. The van der Waals surface area contributed by atoms with E-state index in [9.17, 15) is 18.0 Å². The summed E-state index contributed by atoms with van der Waals surface area (Å²) in [5, 5.41) is 3.48. The number of pyridine rings is 1. The van der Waals surface area contributed by atoms with Gasteiger partial charge in [0.1, 0.15) is 6.61 Å². The minimum absolute atomic E-state index is 0.153. The van der Waals surface area contributed by atoms with Crippen LogP contribution in [-0.4, -0.2) is 30.3 Å². The number of benzene rings is 1. The smallest absolute Gasteiger partial charge is 0.372 e. The molecule has 0 fully saturated rings. The highest BCUT2D eigenvalue weighted by atomic mass is 19.4. The van der Waals surface area contributed by atoms with E-state index in [1.165, 1.54) is 0 Å². The van der Waals surface area contributed by atoms with E-state index in [1.54, 1.807) is 24.4 Å². The second-order valence-electron chi connectivity index (χ2n) is 4.35. The number of alkyl halides is 3. The van der Waals surface area contributed by atoms with Crippen molar-refractivity contribution in [3.8, 4) is 0 Å². The number of anilines is 1. The van der Waals surface area contributed by atoms with Gasteiger partial charge in [0.25, 0.3) is 0 Å². The summed E-state index contributed by atoms with van der Waals surface area (Å²) >= 11 is 0. The van der Waals surface area contributed by atoms with Crippen LogP contribution in [0.25, 0.3) is 10.9 Å². The molecule has 1 aromatic heterocycles. The average molecular weight is 298 g/mol. The van der Waals surface area contributed by atoms with E-state index in [0.717, 1.165) is 5.39 Å². The highest BCUT2D eigenvalue weighted by molar-refractivity contribution is 6.00. The van der Waals surface area contributed by atoms with Crippen molar-refractivity contribution < 1.29 is 22.7 Å². The number of amides is 1. The van der Waals surface area contributed by atoms with Crippen LogP contribution in [0.5, 0.6) is 0 Å². The molecule has 1 aromatic carbocycles. The number of fused-ring (bicyclic) bond motifs is 1. The fourth-order valence-electron chi connectivity index (χ4n) is 1.77. The number of carbonyl (C=O) groups excluding carboxylic acids is 1. The number of ether oxygens (including phenoxy) is 1. The Hall–Kier alpha value is -2.15. The molecule has 4 nitrogen and oxygen atoms in total. The Morgan fingerprint density at radius 2 is 2.00 bits per heavy atom. The molecule has 0 aliphatic heterocycles. The van der Waals surface area contributed by atoms with Crippen molar-refractivity contribution >= 4 is 22.5 Å². The summed E-state index contributed by atoms with van der Waals surface area (Å²) in [6.45, 7) is -1.64. The summed E-state index contributed by atoms with van der Waals surface area (Å²) < 4.78 is 40.0. The Morgan fingerprint density at radius 3 is 2.76 bits per heavy atom. The van der Waals surface area contributed by atoms with Gasteiger partial charge in [-0.3, -0.25) is 9.78 Å². The van der Waals surface area contributed by atoms with Gasteiger partial charge in [0.05, 0.1) is 24.2 Å².